The van der Waals surface area contributed by atoms with E-state index in [4.69, 9.17) is 11.6 Å². The van der Waals surface area contributed by atoms with E-state index in [2.05, 4.69) is 6.58 Å². The van der Waals surface area contributed by atoms with E-state index < -0.39 is 0 Å². The number of rotatable bonds is 2. The highest BCUT2D eigenvalue weighted by atomic mass is 35.5. The molecule has 0 aromatic carbocycles. The van der Waals surface area contributed by atoms with Gasteiger partial charge in [-0.15, -0.1) is 18.2 Å². The van der Waals surface area contributed by atoms with Gasteiger partial charge in [-0.25, -0.2) is 0 Å². The maximum atomic E-state index is 6.47. The van der Waals surface area contributed by atoms with Crippen molar-refractivity contribution in [2.45, 2.75) is 43.9 Å². The molecule has 0 spiro atoms. The number of alkyl halides is 1. The third-order valence-corrected chi connectivity index (χ3v) is 5.52. The van der Waals surface area contributed by atoms with Crippen molar-refractivity contribution in [2.24, 2.45) is 23.2 Å². The van der Waals surface area contributed by atoms with Gasteiger partial charge in [0.1, 0.15) is 0 Å². The SMILES string of the molecule is C=CC(Cl)C12CC3CC(CC(C3)C1)C2. The predicted molar refractivity (Wildman–Crippen MR) is 60.4 cm³/mol. The summed E-state index contributed by atoms with van der Waals surface area (Å²) in [5.74, 6) is 3.01. The molecule has 0 N–H and O–H groups in total. The van der Waals surface area contributed by atoms with E-state index in [0.29, 0.717) is 5.41 Å². The lowest BCUT2D eigenvalue weighted by Crippen LogP contribution is -2.49. The van der Waals surface area contributed by atoms with E-state index in [0.717, 1.165) is 17.8 Å². The Morgan fingerprint density at radius 3 is 1.86 bits per heavy atom. The van der Waals surface area contributed by atoms with Crippen LogP contribution < -0.4 is 0 Å². The summed E-state index contributed by atoms with van der Waals surface area (Å²) in [6.07, 6.45) is 10.6. The van der Waals surface area contributed by atoms with Crippen LogP contribution in [-0.2, 0) is 0 Å². The van der Waals surface area contributed by atoms with Crippen LogP contribution in [0.15, 0.2) is 12.7 Å². The van der Waals surface area contributed by atoms with Crippen LogP contribution in [0.5, 0.6) is 0 Å². The van der Waals surface area contributed by atoms with E-state index in [9.17, 15) is 0 Å². The van der Waals surface area contributed by atoms with E-state index in [1.165, 1.54) is 38.5 Å². The molecule has 0 aromatic rings. The van der Waals surface area contributed by atoms with Gasteiger partial charge in [0.15, 0.2) is 0 Å². The van der Waals surface area contributed by atoms with Gasteiger partial charge in [-0.05, 0) is 61.7 Å². The van der Waals surface area contributed by atoms with Crippen LogP contribution in [0.3, 0.4) is 0 Å². The highest BCUT2D eigenvalue weighted by molar-refractivity contribution is 6.22. The topological polar surface area (TPSA) is 0 Å². The average molecular weight is 211 g/mol. The molecule has 4 fully saturated rings. The zero-order valence-corrected chi connectivity index (χ0v) is 9.47. The Labute approximate surface area is 91.7 Å². The smallest absolute Gasteiger partial charge is 0.0570 e. The lowest BCUT2D eigenvalue weighted by molar-refractivity contribution is -0.0485. The Bertz CT molecular complexity index is 221. The fourth-order valence-corrected chi connectivity index (χ4v) is 5.03. The van der Waals surface area contributed by atoms with Gasteiger partial charge in [0.25, 0.3) is 0 Å². The molecule has 78 valence electrons. The molecule has 0 amide bonds. The predicted octanol–water partition coefficient (Wildman–Crippen LogP) is 4.00. The standard InChI is InChI=1S/C13H19Cl/c1-2-12(14)13-6-9-3-10(7-13)5-11(4-9)8-13/h2,9-12H,1,3-8H2. The van der Waals surface area contributed by atoms with Crippen LogP contribution in [0.4, 0.5) is 0 Å². The van der Waals surface area contributed by atoms with Crippen molar-refractivity contribution in [1.29, 1.82) is 0 Å². The van der Waals surface area contributed by atoms with Gasteiger partial charge >= 0.3 is 0 Å². The van der Waals surface area contributed by atoms with E-state index >= 15 is 0 Å². The van der Waals surface area contributed by atoms with E-state index in [1.54, 1.807) is 0 Å². The first-order chi connectivity index (χ1) is 6.72. The summed E-state index contributed by atoms with van der Waals surface area (Å²) in [6.45, 7) is 3.89. The fourth-order valence-electron chi connectivity index (χ4n) is 4.77. The molecule has 4 bridgehead atoms. The maximum Gasteiger partial charge on any atom is 0.0570 e. The second-order valence-corrected chi connectivity index (χ2v) is 6.39. The lowest BCUT2D eigenvalue weighted by atomic mass is 9.49. The van der Waals surface area contributed by atoms with Gasteiger partial charge in [0.2, 0.25) is 0 Å². The fraction of sp³-hybridized carbons (Fsp3) is 0.846. The summed E-state index contributed by atoms with van der Waals surface area (Å²) >= 11 is 6.47. The monoisotopic (exact) mass is 210 g/mol. The summed E-state index contributed by atoms with van der Waals surface area (Å²) in [4.78, 5) is 0. The minimum Gasteiger partial charge on any atom is -0.118 e. The molecule has 1 unspecified atom stereocenters. The van der Waals surface area contributed by atoms with E-state index in [1.807, 2.05) is 6.08 Å². The van der Waals surface area contributed by atoms with Crippen molar-refractivity contribution in [1.82, 2.24) is 0 Å². The van der Waals surface area contributed by atoms with Crippen LogP contribution >= 0.6 is 11.6 Å². The highest BCUT2D eigenvalue weighted by Crippen LogP contribution is 2.62. The molecular formula is C13H19Cl. The summed E-state index contributed by atoms with van der Waals surface area (Å²) in [5, 5.41) is 0.232. The third-order valence-electron chi connectivity index (χ3n) is 4.88. The van der Waals surface area contributed by atoms with Crippen molar-refractivity contribution in [3.05, 3.63) is 12.7 Å². The van der Waals surface area contributed by atoms with Crippen molar-refractivity contribution in [2.75, 3.05) is 0 Å². The van der Waals surface area contributed by atoms with Crippen LogP contribution in [0.2, 0.25) is 0 Å². The molecule has 4 aliphatic rings. The summed E-state index contributed by atoms with van der Waals surface area (Å²) < 4.78 is 0. The first-order valence-electron chi connectivity index (χ1n) is 5.98. The maximum absolute atomic E-state index is 6.47. The molecule has 1 atom stereocenters. The van der Waals surface area contributed by atoms with Crippen molar-refractivity contribution >= 4 is 11.6 Å². The van der Waals surface area contributed by atoms with Crippen molar-refractivity contribution in [3.8, 4) is 0 Å². The molecule has 4 rings (SSSR count). The third kappa shape index (κ3) is 1.19. The van der Waals surface area contributed by atoms with Crippen LogP contribution in [-0.4, -0.2) is 5.38 Å². The molecule has 0 aliphatic heterocycles. The summed E-state index contributed by atoms with van der Waals surface area (Å²) in [5.41, 5.74) is 0.456. The van der Waals surface area contributed by atoms with Gasteiger partial charge in [0.05, 0.1) is 5.38 Å². The van der Waals surface area contributed by atoms with Gasteiger partial charge in [-0.3, -0.25) is 0 Å². The quantitative estimate of drug-likeness (QED) is 0.478. The zero-order chi connectivity index (χ0) is 9.76. The molecule has 0 nitrogen and oxygen atoms in total. The molecular weight excluding hydrogens is 192 g/mol. The number of allylic oxidation sites excluding steroid dienone is 1. The Morgan fingerprint density at radius 2 is 1.50 bits per heavy atom. The second kappa shape index (κ2) is 3.01. The Hall–Kier alpha value is 0.0300. The van der Waals surface area contributed by atoms with Gasteiger partial charge in [-0.2, -0.15) is 0 Å². The number of hydrogen-bond acceptors (Lipinski definition) is 0. The first kappa shape index (κ1) is 9.27. The molecule has 4 saturated carbocycles. The first-order valence-corrected chi connectivity index (χ1v) is 6.42. The van der Waals surface area contributed by atoms with Crippen molar-refractivity contribution < 1.29 is 0 Å². The van der Waals surface area contributed by atoms with E-state index in [-0.39, 0.29) is 5.38 Å². The molecule has 4 aliphatic carbocycles. The average Bonchev–Trinajstić information content (AvgIpc) is 2.14. The second-order valence-electron chi connectivity index (χ2n) is 5.92. The largest absolute Gasteiger partial charge is 0.118 e. The van der Waals surface area contributed by atoms with Gasteiger partial charge < -0.3 is 0 Å². The zero-order valence-electron chi connectivity index (χ0n) is 8.71. The number of hydrogen-bond donors (Lipinski definition) is 0. The minimum atomic E-state index is 0.232. The molecule has 0 heterocycles. The minimum absolute atomic E-state index is 0.232. The molecule has 14 heavy (non-hydrogen) atoms. The number of halogens is 1. The highest BCUT2D eigenvalue weighted by Gasteiger charge is 2.53. The van der Waals surface area contributed by atoms with Crippen molar-refractivity contribution in [3.63, 3.8) is 0 Å². The Balaban J connectivity index is 1.90. The van der Waals surface area contributed by atoms with Gasteiger partial charge in [-0.1, -0.05) is 6.08 Å². The Kier molecular flexibility index (Phi) is 1.99. The van der Waals surface area contributed by atoms with Crippen LogP contribution in [0, 0.1) is 23.2 Å². The molecule has 0 radical (unpaired) electrons. The summed E-state index contributed by atoms with van der Waals surface area (Å²) in [7, 11) is 0. The molecule has 0 saturated heterocycles. The molecule has 0 aromatic heterocycles. The Morgan fingerprint density at radius 1 is 1.07 bits per heavy atom. The molecule has 1 heteroatoms. The van der Waals surface area contributed by atoms with Crippen LogP contribution in [0.1, 0.15) is 38.5 Å². The summed E-state index contributed by atoms with van der Waals surface area (Å²) in [6, 6.07) is 0. The van der Waals surface area contributed by atoms with Gasteiger partial charge in [0, 0.05) is 0 Å². The lowest BCUT2D eigenvalue weighted by Gasteiger charge is -2.58. The normalized spacial score (nSPS) is 51.9. The van der Waals surface area contributed by atoms with Crippen LogP contribution in [0.25, 0.3) is 0 Å².